The van der Waals surface area contributed by atoms with E-state index < -0.39 is 0 Å². The number of rotatable bonds is 7. The third kappa shape index (κ3) is 5.14. The van der Waals surface area contributed by atoms with E-state index in [0.717, 1.165) is 34.0 Å². The van der Waals surface area contributed by atoms with Crippen LogP contribution >= 0.6 is 35.4 Å². The van der Waals surface area contributed by atoms with E-state index in [1.807, 2.05) is 67.6 Å². The Hall–Kier alpha value is -3.39. The molecule has 0 radical (unpaired) electrons. The van der Waals surface area contributed by atoms with Crippen molar-refractivity contribution in [1.82, 2.24) is 19.8 Å². The highest BCUT2D eigenvalue weighted by Gasteiger charge is 2.41. The third-order valence-electron chi connectivity index (χ3n) is 6.80. The molecule has 1 amide bonds. The van der Waals surface area contributed by atoms with Gasteiger partial charge in [-0.2, -0.15) is 0 Å². The van der Waals surface area contributed by atoms with Gasteiger partial charge < -0.3 is 20.1 Å². The van der Waals surface area contributed by atoms with E-state index >= 15 is 0 Å². The van der Waals surface area contributed by atoms with Gasteiger partial charge in [-0.1, -0.05) is 53.5 Å². The van der Waals surface area contributed by atoms with Crippen molar-refractivity contribution in [2.45, 2.75) is 32.4 Å². The van der Waals surface area contributed by atoms with Gasteiger partial charge in [-0.05, 0) is 74.1 Å². The quantitative estimate of drug-likeness (QED) is 0.242. The maximum atomic E-state index is 12.8. The van der Waals surface area contributed by atoms with Crippen LogP contribution in [-0.4, -0.2) is 32.0 Å². The van der Waals surface area contributed by atoms with Gasteiger partial charge in [0.1, 0.15) is 0 Å². The molecule has 2 N–H and O–H groups in total. The second kappa shape index (κ2) is 11.2. The van der Waals surface area contributed by atoms with E-state index in [-0.39, 0.29) is 24.4 Å². The average Bonchev–Trinajstić information content (AvgIpc) is 3.40. The van der Waals surface area contributed by atoms with E-state index in [4.69, 9.17) is 35.4 Å². The molecule has 0 bridgehead atoms. The first kappa shape index (κ1) is 26.2. The SMILES string of the molecule is Cc1cc([C@@H]2[C@@H](c3ccccn3)NC(=S)N2CCC(=O)Nc2ccccc2)c(C)n1-c1cccc(Cl)c1Cl. The van der Waals surface area contributed by atoms with Gasteiger partial charge in [0.05, 0.1) is 33.5 Å². The largest absolute Gasteiger partial charge is 0.352 e. The number of amides is 1. The molecule has 0 spiro atoms. The highest BCUT2D eigenvalue weighted by molar-refractivity contribution is 7.80. The van der Waals surface area contributed by atoms with Crippen molar-refractivity contribution >= 4 is 52.1 Å². The zero-order valence-corrected chi connectivity index (χ0v) is 23.3. The number of halogens is 2. The molecule has 1 saturated heterocycles. The molecular formula is C29H27Cl2N5OS. The molecule has 1 aliphatic heterocycles. The van der Waals surface area contributed by atoms with Gasteiger partial charge in [-0.25, -0.2) is 0 Å². The van der Waals surface area contributed by atoms with Crippen molar-refractivity contribution in [2.24, 2.45) is 0 Å². The summed E-state index contributed by atoms with van der Waals surface area (Å²) in [6.07, 6.45) is 2.06. The lowest BCUT2D eigenvalue weighted by Crippen LogP contribution is -2.32. The van der Waals surface area contributed by atoms with Crippen LogP contribution in [0.5, 0.6) is 0 Å². The lowest BCUT2D eigenvalue weighted by molar-refractivity contribution is -0.116. The van der Waals surface area contributed by atoms with Crippen LogP contribution in [0.25, 0.3) is 5.69 Å². The number of nitrogens with one attached hydrogen (secondary N) is 2. The van der Waals surface area contributed by atoms with Crippen LogP contribution in [0, 0.1) is 13.8 Å². The van der Waals surface area contributed by atoms with Gasteiger partial charge in [0.2, 0.25) is 5.91 Å². The molecular weight excluding hydrogens is 537 g/mol. The molecule has 194 valence electrons. The monoisotopic (exact) mass is 563 g/mol. The van der Waals surface area contributed by atoms with Gasteiger partial charge >= 0.3 is 0 Å². The summed E-state index contributed by atoms with van der Waals surface area (Å²) in [5, 5.41) is 8.01. The Morgan fingerprint density at radius 3 is 2.55 bits per heavy atom. The van der Waals surface area contributed by atoms with Gasteiger partial charge in [0.25, 0.3) is 0 Å². The number of carbonyl (C=O) groups is 1. The van der Waals surface area contributed by atoms with Crippen LogP contribution in [0.3, 0.4) is 0 Å². The number of nitrogens with zero attached hydrogens (tertiary/aromatic N) is 3. The molecule has 1 aliphatic rings. The highest BCUT2D eigenvalue weighted by Crippen LogP contribution is 2.42. The smallest absolute Gasteiger partial charge is 0.226 e. The maximum absolute atomic E-state index is 12.8. The number of pyridine rings is 1. The fourth-order valence-electron chi connectivity index (χ4n) is 5.07. The minimum Gasteiger partial charge on any atom is -0.352 e. The summed E-state index contributed by atoms with van der Waals surface area (Å²) in [5.74, 6) is -0.0739. The van der Waals surface area contributed by atoms with Crippen LogP contribution in [0.2, 0.25) is 10.0 Å². The van der Waals surface area contributed by atoms with Gasteiger partial charge in [-0.3, -0.25) is 9.78 Å². The Balaban J connectivity index is 1.50. The summed E-state index contributed by atoms with van der Waals surface area (Å²) in [5.41, 5.74) is 5.57. The topological polar surface area (TPSA) is 62.2 Å². The lowest BCUT2D eigenvalue weighted by Gasteiger charge is -2.28. The number of hydrogen-bond acceptors (Lipinski definition) is 3. The lowest BCUT2D eigenvalue weighted by atomic mass is 9.96. The Bertz CT molecular complexity index is 1480. The van der Waals surface area contributed by atoms with Crippen LogP contribution < -0.4 is 10.6 Å². The first-order chi connectivity index (χ1) is 18.3. The summed E-state index contributed by atoms with van der Waals surface area (Å²) < 4.78 is 2.11. The van der Waals surface area contributed by atoms with Crippen molar-refractivity contribution in [3.63, 3.8) is 0 Å². The first-order valence-electron chi connectivity index (χ1n) is 12.3. The molecule has 3 heterocycles. The normalized spacial score (nSPS) is 16.9. The minimum absolute atomic E-state index is 0.0739. The second-order valence-electron chi connectivity index (χ2n) is 9.22. The van der Waals surface area contributed by atoms with E-state index in [9.17, 15) is 4.79 Å². The zero-order valence-electron chi connectivity index (χ0n) is 21.0. The maximum Gasteiger partial charge on any atom is 0.226 e. The summed E-state index contributed by atoms with van der Waals surface area (Å²) in [7, 11) is 0. The number of anilines is 1. The molecule has 38 heavy (non-hydrogen) atoms. The Morgan fingerprint density at radius 1 is 1.05 bits per heavy atom. The molecule has 1 fully saturated rings. The second-order valence-corrected chi connectivity index (χ2v) is 10.4. The average molecular weight is 565 g/mol. The number of para-hydroxylation sites is 1. The molecule has 4 aromatic rings. The van der Waals surface area contributed by atoms with E-state index in [1.165, 1.54) is 0 Å². The number of benzene rings is 2. The van der Waals surface area contributed by atoms with Crippen molar-refractivity contribution in [2.75, 3.05) is 11.9 Å². The minimum atomic E-state index is -0.190. The van der Waals surface area contributed by atoms with Gasteiger partial charge in [0, 0.05) is 36.2 Å². The van der Waals surface area contributed by atoms with Crippen LogP contribution in [-0.2, 0) is 4.79 Å². The predicted octanol–water partition coefficient (Wildman–Crippen LogP) is 6.80. The highest BCUT2D eigenvalue weighted by atomic mass is 35.5. The summed E-state index contributed by atoms with van der Waals surface area (Å²) in [6.45, 7) is 4.55. The van der Waals surface area contributed by atoms with Crippen LogP contribution in [0.15, 0.2) is 79.0 Å². The van der Waals surface area contributed by atoms with Crippen LogP contribution in [0.1, 0.15) is 41.1 Å². The Kier molecular flexibility index (Phi) is 7.70. The van der Waals surface area contributed by atoms with E-state index in [2.05, 4.69) is 38.1 Å². The number of hydrogen-bond donors (Lipinski definition) is 2. The molecule has 5 rings (SSSR count). The van der Waals surface area contributed by atoms with Crippen LogP contribution in [0.4, 0.5) is 5.69 Å². The van der Waals surface area contributed by atoms with Crippen molar-refractivity contribution in [3.05, 3.63) is 112 Å². The van der Waals surface area contributed by atoms with E-state index in [1.54, 1.807) is 12.3 Å². The summed E-state index contributed by atoms with van der Waals surface area (Å²) >= 11 is 18.8. The summed E-state index contributed by atoms with van der Waals surface area (Å²) in [4.78, 5) is 19.5. The molecule has 0 saturated carbocycles. The van der Waals surface area contributed by atoms with Gasteiger partial charge in [-0.15, -0.1) is 0 Å². The standard InChI is InChI=1S/C29H27Cl2N5OS/c1-18-17-21(19(2)36(18)24-13-8-11-22(30)26(24)31)28-27(23-12-6-7-15-32-23)34-29(38)35(28)16-14-25(37)33-20-9-4-3-5-10-20/h3-13,15,17,27-28H,14,16H2,1-2H3,(H,33,37)(H,34,38)/t27-,28-/m1/s1. The molecule has 2 aromatic carbocycles. The molecule has 0 aliphatic carbocycles. The fraction of sp³-hybridized carbons (Fsp3) is 0.207. The summed E-state index contributed by atoms with van der Waals surface area (Å²) in [6, 6.07) is 22.7. The van der Waals surface area contributed by atoms with Crippen molar-refractivity contribution in [1.29, 1.82) is 0 Å². The van der Waals surface area contributed by atoms with Gasteiger partial charge in [0.15, 0.2) is 5.11 Å². The fourth-order valence-corrected chi connectivity index (χ4v) is 5.79. The molecule has 2 atom stereocenters. The molecule has 0 unspecified atom stereocenters. The number of aromatic nitrogens is 2. The Morgan fingerprint density at radius 2 is 1.82 bits per heavy atom. The third-order valence-corrected chi connectivity index (χ3v) is 7.96. The first-order valence-corrected chi connectivity index (χ1v) is 13.5. The van der Waals surface area contributed by atoms with Crippen molar-refractivity contribution in [3.8, 4) is 5.69 Å². The Labute approximate surface area is 237 Å². The molecule has 9 heteroatoms. The molecule has 6 nitrogen and oxygen atoms in total. The predicted molar refractivity (Wildman–Crippen MR) is 157 cm³/mol. The molecule has 2 aromatic heterocycles. The number of aryl methyl sites for hydroxylation is 1. The van der Waals surface area contributed by atoms with Crippen molar-refractivity contribution < 1.29 is 4.79 Å². The number of thiocarbonyl (C=S) groups is 1. The zero-order chi connectivity index (χ0) is 26.8. The van der Waals surface area contributed by atoms with E-state index in [0.29, 0.717) is 21.7 Å². The number of carbonyl (C=O) groups excluding carboxylic acids is 1.